The second-order valence-electron chi connectivity index (χ2n) is 6.54. The molecule has 1 unspecified atom stereocenters. The number of hydrogen-bond donors (Lipinski definition) is 1. The Labute approximate surface area is 163 Å². The molecule has 28 heavy (non-hydrogen) atoms. The van der Waals surface area contributed by atoms with E-state index in [2.05, 4.69) is 5.10 Å². The van der Waals surface area contributed by atoms with Gasteiger partial charge in [-0.1, -0.05) is 42.5 Å². The number of nitriles is 1. The summed E-state index contributed by atoms with van der Waals surface area (Å²) < 4.78 is 6.74. The van der Waals surface area contributed by atoms with Crippen LogP contribution in [0, 0.1) is 25.2 Å². The number of benzene rings is 2. The van der Waals surface area contributed by atoms with Crippen molar-refractivity contribution in [2.24, 2.45) is 0 Å². The third-order valence-corrected chi connectivity index (χ3v) is 4.54. The molecule has 0 saturated carbocycles. The van der Waals surface area contributed by atoms with E-state index in [1.807, 2.05) is 60.7 Å². The lowest BCUT2D eigenvalue weighted by molar-refractivity contribution is 0.0878. The fourth-order valence-corrected chi connectivity index (χ4v) is 2.85. The largest absolute Gasteiger partial charge is 0.491 e. The molecule has 2 aromatic carbocycles. The number of rotatable bonds is 6. The highest BCUT2D eigenvalue weighted by Gasteiger charge is 2.15. The molecule has 0 aliphatic rings. The zero-order valence-electron chi connectivity index (χ0n) is 15.8. The fraction of sp³-hybridized carbons (Fsp3) is 0.227. The van der Waals surface area contributed by atoms with Crippen molar-refractivity contribution in [1.29, 1.82) is 5.26 Å². The molecule has 1 heterocycles. The van der Waals surface area contributed by atoms with Crippen molar-refractivity contribution in [3.05, 3.63) is 81.8 Å². The van der Waals surface area contributed by atoms with Crippen LogP contribution in [0.25, 0.3) is 11.1 Å². The van der Waals surface area contributed by atoms with Crippen molar-refractivity contribution in [3.8, 4) is 22.9 Å². The van der Waals surface area contributed by atoms with Crippen LogP contribution in [-0.4, -0.2) is 27.6 Å². The first-order valence-corrected chi connectivity index (χ1v) is 8.94. The highest BCUT2D eigenvalue weighted by atomic mass is 16.5. The average molecular weight is 375 g/mol. The van der Waals surface area contributed by atoms with Crippen LogP contribution in [0.4, 0.5) is 0 Å². The fourth-order valence-electron chi connectivity index (χ4n) is 2.85. The molecule has 0 amide bonds. The van der Waals surface area contributed by atoms with Gasteiger partial charge in [0.05, 0.1) is 12.2 Å². The number of aryl methyl sites for hydroxylation is 1. The Kier molecular flexibility index (Phi) is 5.87. The Bertz CT molecular complexity index is 1050. The van der Waals surface area contributed by atoms with Crippen LogP contribution in [-0.2, 0) is 6.54 Å². The SMILES string of the molecule is Cc1nn(CC(O)COc2ccc(-c3ccccc3)cc2)c(=O)c(C#N)c1C. The number of aromatic nitrogens is 2. The first kappa shape index (κ1) is 19.3. The summed E-state index contributed by atoms with van der Waals surface area (Å²) in [5.74, 6) is 0.622. The van der Waals surface area contributed by atoms with Gasteiger partial charge in [-0.25, -0.2) is 4.68 Å². The van der Waals surface area contributed by atoms with E-state index in [0.29, 0.717) is 17.0 Å². The van der Waals surface area contributed by atoms with Crippen molar-refractivity contribution in [2.45, 2.75) is 26.5 Å². The van der Waals surface area contributed by atoms with E-state index in [1.54, 1.807) is 13.8 Å². The Morgan fingerprint density at radius 1 is 1.11 bits per heavy atom. The summed E-state index contributed by atoms with van der Waals surface area (Å²) in [5, 5.41) is 23.6. The molecule has 3 aromatic rings. The lowest BCUT2D eigenvalue weighted by Gasteiger charge is -2.15. The molecular weight excluding hydrogens is 354 g/mol. The van der Waals surface area contributed by atoms with E-state index in [-0.39, 0.29) is 18.7 Å². The summed E-state index contributed by atoms with van der Waals surface area (Å²) in [6, 6.07) is 19.5. The highest BCUT2D eigenvalue weighted by molar-refractivity contribution is 5.63. The minimum absolute atomic E-state index is 0.00755. The Hall–Kier alpha value is -3.43. The summed E-state index contributed by atoms with van der Waals surface area (Å²) in [5.41, 5.74) is 2.88. The van der Waals surface area contributed by atoms with Crippen molar-refractivity contribution >= 4 is 0 Å². The Morgan fingerprint density at radius 3 is 2.39 bits per heavy atom. The molecule has 1 N–H and O–H groups in total. The van der Waals surface area contributed by atoms with Gasteiger partial charge in [-0.05, 0) is 42.7 Å². The third-order valence-electron chi connectivity index (χ3n) is 4.54. The Balaban J connectivity index is 1.64. The van der Waals surface area contributed by atoms with Gasteiger partial charge >= 0.3 is 0 Å². The number of aliphatic hydroxyl groups is 1. The molecule has 142 valence electrons. The second-order valence-corrected chi connectivity index (χ2v) is 6.54. The van der Waals surface area contributed by atoms with Gasteiger partial charge in [0.2, 0.25) is 0 Å². The normalized spacial score (nSPS) is 11.6. The topological polar surface area (TPSA) is 88.1 Å². The molecule has 0 spiro atoms. The zero-order chi connectivity index (χ0) is 20.1. The van der Waals surface area contributed by atoms with Gasteiger partial charge < -0.3 is 9.84 Å². The summed E-state index contributed by atoms with van der Waals surface area (Å²) in [6.07, 6.45) is -0.937. The van der Waals surface area contributed by atoms with Crippen molar-refractivity contribution in [2.75, 3.05) is 6.61 Å². The molecule has 0 aliphatic heterocycles. The van der Waals surface area contributed by atoms with Gasteiger partial charge in [0.15, 0.2) is 0 Å². The smallest absolute Gasteiger partial charge is 0.285 e. The van der Waals surface area contributed by atoms with E-state index >= 15 is 0 Å². The molecular formula is C22H21N3O3. The van der Waals surface area contributed by atoms with Crippen LogP contribution in [0.5, 0.6) is 5.75 Å². The molecule has 0 fully saturated rings. The molecule has 0 saturated heterocycles. The maximum atomic E-state index is 12.3. The molecule has 1 aromatic heterocycles. The van der Waals surface area contributed by atoms with Crippen LogP contribution in [0.3, 0.4) is 0 Å². The van der Waals surface area contributed by atoms with Crippen LogP contribution in [0.1, 0.15) is 16.8 Å². The zero-order valence-corrected chi connectivity index (χ0v) is 15.8. The minimum atomic E-state index is -0.937. The molecule has 0 aliphatic carbocycles. The number of nitrogens with zero attached hydrogens (tertiary/aromatic N) is 3. The van der Waals surface area contributed by atoms with E-state index in [1.165, 1.54) is 0 Å². The van der Waals surface area contributed by atoms with E-state index in [4.69, 9.17) is 10.00 Å². The maximum absolute atomic E-state index is 12.3. The molecule has 1 atom stereocenters. The summed E-state index contributed by atoms with van der Waals surface area (Å²) in [4.78, 5) is 12.3. The van der Waals surface area contributed by atoms with Crippen LogP contribution in [0.15, 0.2) is 59.4 Å². The van der Waals surface area contributed by atoms with E-state index < -0.39 is 11.7 Å². The molecule has 0 radical (unpaired) electrons. The molecule has 0 bridgehead atoms. The molecule has 6 nitrogen and oxygen atoms in total. The Morgan fingerprint density at radius 2 is 1.75 bits per heavy atom. The van der Waals surface area contributed by atoms with Gasteiger partial charge in [0, 0.05) is 0 Å². The van der Waals surface area contributed by atoms with Gasteiger partial charge in [-0.2, -0.15) is 10.4 Å². The standard InChI is InChI=1S/C22H21N3O3/c1-15-16(2)24-25(22(27)21(15)12-23)13-19(26)14-28-20-10-8-18(9-11-20)17-6-4-3-5-7-17/h3-11,19,26H,13-14H2,1-2H3. The summed E-state index contributed by atoms with van der Waals surface area (Å²) in [6.45, 7) is 3.37. The summed E-state index contributed by atoms with van der Waals surface area (Å²) in [7, 11) is 0. The first-order valence-electron chi connectivity index (χ1n) is 8.94. The van der Waals surface area contributed by atoms with E-state index in [9.17, 15) is 9.90 Å². The number of ether oxygens (including phenoxy) is 1. The van der Waals surface area contributed by atoms with Crippen molar-refractivity contribution < 1.29 is 9.84 Å². The monoisotopic (exact) mass is 375 g/mol. The van der Waals surface area contributed by atoms with Crippen LogP contribution >= 0.6 is 0 Å². The predicted octanol–water partition coefficient (Wildman–Crippen LogP) is 2.84. The highest BCUT2D eigenvalue weighted by Crippen LogP contribution is 2.22. The first-order chi connectivity index (χ1) is 13.5. The van der Waals surface area contributed by atoms with Crippen LogP contribution in [0.2, 0.25) is 0 Å². The van der Waals surface area contributed by atoms with Crippen molar-refractivity contribution in [1.82, 2.24) is 9.78 Å². The van der Waals surface area contributed by atoms with Gasteiger partial charge in [-0.3, -0.25) is 4.79 Å². The van der Waals surface area contributed by atoms with Gasteiger partial charge in [0.25, 0.3) is 5.56 Å². The van der Waals surface area contributed by atoms with Crippen LogP contribution < -0.4 is 10.3 Å². The lowest BCUT2D eigenvalue weighted by atomic mass is 10.1. The average Bonchev–Trinajstić information content (AvgIpc) is 2.72. The maximum Gasteiger partial charge on any atom is 0.285 e. The molecule has 3 rings (SSSR count). The quantitative estimate of drug-likeness (QED) is 0.716. The number of aliphatic hydroxyl groups excluding tert-OH is 1. The minimum Gasteiger partial charge on any atom is -0.491 e. The van der Waals surface area contributed by atoms with Crippen molar-refractivity contribution in [3.63, 3.8) is 0 Å². The predicted molar refractivity (Wildman–Crippen MR) is 106 cm³/mol. The lowest BCUT2D eigenvalue weighted by Crippen LogP contribution is -2.34. The van der Waals surface area contributed by atoms with Gasteiger partial charge in [0.1, 0.15) is 30.1 Å². The number of hydrogen-bond acceptors (Lipinski definition) is 5. The van der Waals surface area contributed by atoms with Gasteiger partial charge in [-0.15, -0.1) is 0 Å². The summed E-state index contributed by atoms with van der Waals surface area (Å²) >= 11 is 0. The van der Waals surface area contributed by atoms with E-state index in [0.717, 1.165) is 15.8 Å². The second kappa shape index (κ2) is 8.51. The third kappa shape index (κ3) is 4.27. The molecule has 6 heteroatoms.